The van der Waals surface area contributed by atoms with E-state index < -0.39 is 0 Å². The van der Waals surface area contributed by atoms with Gasteiger partial charge < -0.3 is 4.74 Å². The van der Waals surface area contributed by atoms with E-state index in [2.05, 4.69) is 20.9 Å². The number of halogens is 1. The lowest BCUT2D eigenvalue weighted by Crippen LogP contribution is -1.82. The third-order valence-corrected chi connectivity index (χ3v) is 2.98. The Morgan fingerprint density at radius 3 is 2.57 bits per heavy atom. The van der Waals surface area contributed by atoms with Crippen molar-refractivity contribution in [3.63, 3.8) is 0 Å². The number of ether oxygens (including phenoxy) is 1. The molecule has 0 saturated carbocycles. The summed E-state index contributed by atoms with van der Waals surface area (Å²) in [5.41, 5.74) is 0.988. The van der Waals surface area contributed by atoms with Gasteiger partial charge >= 0.3 is 0 Å². The van der Waals surface area contributed by atoms with Crippen LogP contribution >= 0.6 is 27.3 Å². The second-order valence-electron chi connectivity index (χ2n) is 2.81. The Kier molecular flexibility index (Phi) is 2.84. The summed E-state index contributed by atoms with van der Waals surface area (Å²) in [5, 5.41) is 2.65. The van der Waals surface area contributed by atoms with E-state index in [9.17, 15) is 0 Å². The zero-order chi connectivity index (χ0) is 9.97. The number of rotatable bonds is 2. The van der Waals surface area contributed by atoms with Crippen molar-refractivity contribution < 1.29 is 4.74 Å². The first kappa shape index (κ1) is 9.68. The molecule has 2 aromatic rings. The van der Waals surface area contributed by atoms with Crippen molar-refractivity contribution in [1.82, 2.24) is 4.98 Å². The smallest absolute Gasteiger partial charge is 0.278 e. The minimum atomic E-state index is 0.685. The molecule has 0 N–H and O–H groups in total. The highest BCUT2D eigenvalue weighted by Crippen LogP contribution is 2.25. The Balaban J connectivity index is 2.15. The maximum Gasteiger partial charge on any atom is 0.278 e. The van der Waals surface area contributed by atoms with E-state index in [-0.39, 0.29) is 0 Å². The lowest BCUT2D eigenvalue weighted by Gasteiger charge is -2.00. The monoisotopic (exact) mass is 269 g/mol. The van der Waals surface area contributed by atoms with Crippen LogP contribution in [0.5, 0.6) is 10.9 Å². The van der Waals surface area contributed by atoms with Crippen LogP contribution in [0, 0.1) is 6.92 Å². The minimum absolute atomic E-state index is 0.685. The van der Waals surface area contributed by atoms with E-state index in [1.165, 1.54) is 11.3 Å². The lowest BCUT2D eigenvalue weighted by molar-refractivity contribution is 0.478. The van der Waals surface area contributed by atoms with E-state index in [0.29, 0.717) is 5.19 Å². The van der Waals surface area contributed by atoms with Gasteiger partial charge in [-0.15, -0.1) is 0 Å². The third-order valence-electron chi connectivity index (χ3n) is 1.62. The fourth-order valence-corrected chi connectivity index (χ4v) is 1.91. The first-order valence-electron chi connectivity index (χ1n) is 4.09. The highest BCUT2D eigenvalue weighted by molar-refractivity contribution is 9.10. The van der Waals surface area contributed by atoms with Gasteiger partial charge in [0.25, 0.3) is 5.19 Å². The van der Waals surface area contributed by atoms with Crippen molar-refractivity contribution in [2.24, 2.45) is 0 Å². The average molecular weight is 270 g/mol. The molecule has 2 nitrogen and oxygen atoms in total. The van der Waals surface area contributed by atoms with Crippen LogP contribution in [0.25, 0.3) is 0 Å². The number of nitrogens with zero attached hydrogens (tertiary/aromatic N) is 1. The molecular weight excluding hydrogens is 262 g/mol. The number of aryl methyl sites for hydroxylation is 1. The van der Waals surface area contributed by atoms with Gasteiger partial charge in [0.1, 0.15) is 5.75 Å². The summed E-state index contributed by atoms with van der Waals surface area (Å²) in [6.07, 6.45) is 0. The van der Waals surface area contributed by atoms with Gasteiger partial charge in [0.05, 0.1) is 5.69 Å². The quantitative estimate of drug-likeness (QED) is 0.822. The molecule has 14 heavy (non-hydrogen) atoms. The van der Waals surface area contributed by atoms with E-state index in [1.54, 1.807) is 0 Å². The predicted molar refractivity (Wildman–Crippen MR) is 61.1 cm³/mol. The van der Waals surface area contributed by atoms with Gasteiger partial charge in [-0.25, -0.2) is 4.98 Å². The van der Waals surface area contributed by atoms with Crippen LogP contribution in [-0.4, -0.2) is 4.98 Å². The molecule has 1 heterocycles. The summed E-state index contributed by atoms with van der Waals surface area (Å²) in [4.78, 5) is 4.21. The van der Waals surface area contributed by atoms with E-state index in [0.717, 1.165) is 15.9 Å². The Labute approximate surface area is 94.7 Å². The first-order chi connectivity index (χ1) is 6.74. The summed E-state index contributed by atoms with van der Waals surface area (Å²) < 4.78 is 6.58. The maximum absolute atomic E-state index is 5.54. The second kappa shape index (κ2) is 4.11. The minimum Gasteiger partial charge on any atom is -0.431 e. The molecule has 0 radical (unpaired) electrons. The zero-order valence-electron chi connectivity index (χ0n) is 7.53. The highest BCUT2D eigenvalue weighted by atomic mass is 79.9. The van der Waals surface area contributed by atoms with Gasteiger partial charge in [0.2, 0.25) is 0 Å². The van der Waals surface area contributed by atoms with Crippen LogP contribution in [0.2, 0.25) is 0 Å². The molecule has 0 atom stereocenters. The number of thiazole rings is 1. The first-order valence-corrected chi connectivity index (χ1v) is 5.77. The van der Waals surface area contributed by atoms with Crippen molar-refractivity contribution in [2.75, 3.05) is 0 Å². The Hall–Kier alpha value is -0.870. The van der Waals surface area contributed by atoms with Crippen molar-refractivity contribution in [2.45, 2.75) is 6.92 Å². The molecule has 0 spiro atoms. The summed E-state index contributed by atoms with van der Waals surface area (Å²) >= 11 is 4.87. The van der Waals surface area contributed by atoms with Gasteiger partial charge in [-0.1, -0.05) is 27.3 Å². The highest BCUT2D eigenvalue weighted by Gasteiger charge is 2.00. The molecular formula is C10H8BrNOS. The van der Waals surface area contributed by atoms with Gasteiger partial charge in [-0.05, 0) is 31.2 Å². The van der Waals surface area contributed by atoms with Crippen molar-refractivity contribution in [1.29, 1.82) is 0 Å². The molecule has 72 valence electrons. The van der Waals surface area contributed by atoms with Crippen LogP contribution in [0.15, 0.2) is 34.1 Å². The lowest BCUT2D eigenvalue weighted by atomic mass is 10.3. The van der Waals surface area contributed by atoms with Crippen molar-refractivity contribution in [3.8, 4) is 10.9 Å². The SMILES string of the molecule is Cc1csc(Oc2ccc(Br)cc2)n1. The van der Waals surface area contributed by atoms with Crippen LogP contribution in [0.3, 0.4) is 0 Å². The fourth-order valence-electron chi connectivity index (χ4n) is 0.983. The second-order valence-corrected chi connectivity index (χ2v) is 4.55. The summed E-state index contributed by atoms with van der Waals surface area (Å²) in [6, 6.07) is 7.69. The molecule has 1 aromatic heterocycles. The largest absolute Gasteiger partial charge is 0.431 e. The molecule has 0 aliphatic heterocycles. The molecule has 4 heteroatoms. The maximum atomic E-state index is 5.54. The van der Waals surface area contributed by atoms with Crippen LogP contribution in [0.1, 0.15) is 5.69 Å². The normalized spacial score (nSPS) is 10.1. The average Bonchev–Trinajstić information content (AvgIpc) is 2.56. The van der Waals surface area contributed by atoms with Crippen LogP contribution in [-0.2, 0) is 0 Å². The topological polar surface area (TPSA) is 22.1 Å². The third kappa shape index (κ3) is 2.33. The molecule has 0 fully saturated rings. The molecule has 0 unspecified atom stereocenters. The Morgan fingerprint density at radius 2 is 2.00 bits per heavy atom. The molecule has 0 bridgehead atoms. The van der Waals surface area contributed by atoms with E-state index in [4.69, 9.17) is 4.74 Å². The van der Waals surface area contributed by atoms with Gasteiger partial charge in [0.15, 0.2) is 0 Å². The number of aromatic nitrogens is 1. The molecule has 1 aromatic carbocycles. The van der Waals surface area contributed by atoms with Crippen LogP contribution < -0.4 is 4.74 Å². The standard InChI is InChI=1S/C10H8BrNOS/c1-7-6-14-10(12-7)13-9-4-2-8(11)3-5-9/h2-6H,1H3. The van der Waals surface area contributed by atoms with E-state index in [1.807, 2.05) is 36.6 Å². The zero-order valence-corrected chi connectivity index (χ0v) is 9.93. The molecule has 2 rings (SSSR count). The van der Waals surface area contributed by atoms with Crippen molar-refractivity contribution >= 4 is 27.3 Å². The van der Waals surface area contributed by atoms with Gasteiger partial charge in [-0.2, -0.15) is 0 Å². The van der Waals surface area contributed by atoms with Gasteiger partial charge in [-0.3, -0.25) is 0 Å². The van der Waals surface area contributed by atoms with E-state index >= 15 is 0 Å². The number of hydrogen-bond acceptors (Lipinski definition) is 3. The fraction of sp³-hybridized carbons (Fsp3) is 0.100. The predicted octanol–water partition coefficient (Wildman–Crippen LogP) is 4.01. The molecule has 0 aliphatic carbocycles. The number of hydrogen-bond donors (Lipinski definition) is 0. The number of benzene rings is 1. The Morgan fingerprint density at radius 1 is 1.29 bits per heavy atom. The Bertz CT molecular complexity index is 424. The van der Waals surface area contributed by atoms with Gasteiger partial charge in [0, 0.05) is 9.85 Å². The molecule has 0 saturated heterocycles. The summed E-state index contributed by atoms with van der Waals surface area (Å²) in [7, 11) is 0. The van der Waals surface area contributed by atoms with Crippen molar-refractivity contribution in [3.05, 3.63) is 39.8 Å². The summed E-state index contributed by atoms with van der Waals surface area (Å²) in [5.74, 6) is 0.808. The summed E-state index contributed by atoms with van der Waals surface area (Å²) in [6.45, 7) is 1.95. The van der Waals surface area contributed by atoms with Crippen LogP contribution in [0.4, 0.5) is 0 Å². The molecule has 0 amide bonds. The molecule has 0 aliphatic rings.